The van der Waals surface area contributed by atoms with Gasteiger partial charge in [0.05, 0.1) is 18.7 Å². The molecule has 0 aliphatic carbocycles. The first kappa shape index (κ1) is 34.6. The third kappa shape index (κ3) is 9.55. The smallest absolute Gasteiger partial charge is 0.356 e. The Labute approximate surface area is 262 Å². The Morgan fingerprint density at radius 2 is 1.74 bits per heavy atom. The number of carbonyl (C=O) groups excluding carboxylic acids is 1. The first-order chi connectivity index (χ1) is 20.3. The van der Waals surface area contributed by atoms with Gasteiger partial charge in [-0.15, -0.1) is 0 Å². The summed E-state index contributed by atoms with van der Waals surface area (Å²) in [6, 6.07) is 9.78. The Bertz CT molecular complexity index is 1390. The van der Waals surface area contributed by atoms with Crippen molar-refractivity contribution >= 4 is 46.0 Å². The summed E-state index contributed by atoms with van der Waals surface area (Å²) in [5.41, 5.74) is 9.01. The average molecular weight is 640 g/mol. The SMILES string of the molecule is CC(N)(F)C(=O)O.CCOC(=O)c1c(CCCOc2cc(C)c(Cl)c(C)c2)c2ccc(Cl)cc2n1CCN1CCNCC1. The molecular weight excluding hydrogens is 598 g/mol. The lowest BCUT2D eigenvalue weighted by atomic mass is 10.1. The van der Waals surface area contributed by atoms with E-state index < -0.39 is 11.8 Å². The molecule has 0 saturated carbocycles. The van der Waals surface area contributed by atoms with E-state index in [-0.39, 0.29) is 5.97 Å². The van der Waals surface area contributed by atoms with Gasteiger partial charge < -0.3 is 24.5 Å². The third-order valence-electron chi connectivity index (χ3n) is 7.12. The zero-order valence-electron chi connectivity index (χ0n) is 25.1. The number of benzene rings is 2. The largest absolute Gasteiger partial charge is 0.494 e. The molecule has 12 heteroatoms. The molecule has 0 bridgehead atoms. The number of carboxylic acids is 1. The van der Waals surface area contributed by atoms with Gasteiger partial charge in [-0.1, -0.05) is 29.3 Å². The standard InChI is InChI=1S/C28H35Cl2N3O3.C3H6FNO2/c1-4-35-28(34)27-24(6-5-15-36-22-16-19(2)26(30)20(3)17-22)23-8-7-21(29)18-25(23)33(27)14-13-32-11-9-31-10-12-32;1-3(4,5)2(6)7/h7-8,16-18,31H,4-6,9-15H2,1-3H3;5H2,1H3,(H,6,7). The molecule has 0 spiro atoms. The summed E-state index contributed by atoms with van der Waals surface area (Å²) in [7, 11) is 0. The minimum absolute atomic E-state index is 0.287. The van der Waals surface area contributed by atoms with Gasteiger partial charge in [0.1, 0.15) is 11.4 Å². The number of alkyl halides is 1. The van der Waals surface area contributed by atoms with E-state index in [2.05, 4.69) is 20.5 Å². The van der Waals surface area contributed by atoms with Gasteiger partial charge in [-0.2, -0.15) is 0 Å². The van der Waals surface area contributed by atoms with Gasteiger partial charge >= 0.3 is 11.9 Å². The van der Waals surface area contributed by atoms with Crippen molar-refractivity contribution in [2.45, 2.75) is 52.9 Å². The highest BCUT2D eigenvalue weighted by molar-refractivity contribution is 6.32. The Balaban J connectivity index is 0.000000646. The molecule has 236 valence electrons. The fourth-order valence-corrected chi connectivity index (χ4v) is 5.19. The number of hydrogen-bond acceptors (Lipinski definition) is 7. The van der Waals surface area contributed by atoms with Crippen molar-refractivity contribution < 1.29 is 28.6 Å². The molecule has 1 fully saturated rings. The van der Waals surface area contributed by atoms with E-state index in [1.807, 2.05) is 51.1 Å². The van der Waals surface area contributed by atoms with Crippen LogP contribution in [0.4, 0.5) is 4.39 Å². The van der Waals surface area contributed by atoms with Crippen LogP contribution in [0.5, 0.6) is 5.75 Å². The maximum atomic E-state index is 13.2. The number of nitrogens with two attached hydrogens (primary N) is 1. The minimum Gasteiger partial charge on any atom is -0.494 e. The molecule has 2 aromatic carbocycles. The number of aliphatic carboxylic acids is 1. The molecule has 1 aliphatic rings. The number of ether oxygens (including phenoxy) is 2. The second-order valence-electron chi connectivity index (χ2n) is 10.7. The summed E-state index contributed by atoms with van der Waals surface area (Å²) in [5.74, 6) is -3.71. The topological polar surface area (TPSA) is 119 Å². The van der Waals surface area contributed by atoms with Crippen LogP contribution >= 0.6 is 23.2 Å². The highest BCUT2D eigenvalue weighted by Gasteiger charge is 2.26. The fourth-order valence-electron chi connectivity index (χ4n) is 4.92. The maximum Gasteiger partial charge on any atom is 0.356 e. The fraction of sp³-hybridized carbons (Fsp3) is 0.484. The van der Waals surface area contributed by atoms with Crippen LogP contribution in [0.1, 0.15) is 47.4 Å². The van der Waals surface area contributed by atoms with E-state index in [0.717, 1.165) is 84.4 Å². The van der Waals surface area contributed by atoms with Crippen molar-refractivity contribution in [3.63, 3.8) is 0 Å². The first-order valence-corrected chi connectivity index (χ1v) is 15.1. The summed E-state index contributed by atoms with van der Waals surface area (Å²) in [5, 5.41) is 13.6. The Kier molecular flexibility index (Phi) is 12.6. The molecule has 3 aromatic rings. The van der Waals surface area contributed by atoms with Crippen LogP contribution in [0, 0.1) is 13.8 Å². The Morgan fingerprint density at radius 1 is 1.12 bits per heavy atom. The summed E-state index contributed by atoms with van der Waals surface area (Å²) in [4.78, 5) is 25.2. The number of rotatable bonds is 11. The predicted molar refractivity (Wildman–Crippen MR) is 168 cm³/mol. The maximum absolute atomic E-state index is 13.2. The lowest BCUT2D eigenvalue weighted by Crippen LogP contribution is -2.44. The molecule has 4 N–H and O–H groups in total. The molecule has 0 amide bonds. The van der Waals surface area contributed by atoms with Gasteiger partial charge in [0.2, 0.25) is 0 Å². The van der Waals surface area contributed by atoms with Gasteiger partial charge in [0.25, 0.3) is 5.79 Å². The molecule has 1 aromatic heterocycles. The zero-order chi connectivity index (χ0) is 31.7. The molecule has 1 unspecified atom stereocenters. The number of hydrogen-bond donors (Lipinski definition) is 3. The number of halogens is 3. The summed E-state index contributed by atoms with van der Waals surface area (Å²) in [6.45, 7) is 13.0. The van der Waals surface area contributed by atoms with E-state index >= 15 is 0 Å². The molecule has 1 atom stereocenters. The number of carboxylic acid groups (broad SMARTS) is 1. The number of nitrogens with zero attached hydrogens (tertiary/aromatic N) is 2. The average Bonchev–Trinajstić information content (AvgIpc) is 3.25. The Hall–Kier alpha value is -2.89. The molecular formula is C31H41Cl2FN4O5. The van der Waals surface area contributed by atoms with Gasteiger partial charge in [-0.3, -0.25) is 10.6 Å². The van der Waals surface area contributed by atoms with Crippen molar-refractivity contribution in [1.29, 1.82) is 0 Å². The summed E-state index contributed by atoms with van der Waals surface area (Å²) < 4.78 is 25.3. The molecule has 1 aliphatic heterocycles. The van der Waals surface area contributed by atoms with Gasteiger partial charge in [-0.25, -0.2) is 14.0 Å². The number of fused-ring (bicyclic) bond motifs is 1. The first-order valence-electron chi connectivity index (χ1n) is 14.3. The van der Waals surface area contributed by atoms with Crippen LogP contribution < -0.4 is 15.8 Å². The third-order valence-corrected chi connectivity index (χ3v) is 7.95. The van der Waals surface area contributed by atoms with Crippen molar-refractivity contribution in [1.82, 2.24) is 14.8 Å². The lowest BCUT2D eigenvalue weighted by molar-refractivity contribution is -0.149. The van der Waals surface area contributed by atoms with Gasteiger partial charge in [-0.05, 0) is 81.5 Å². The van der Waals surface area contributed by atoms with E-state index in [4.69, 9.17) is 37.8 Å². The van der Waals surface area contributed by atoms with Crippen LogP contribution in [0.2, 0.25) is 10.0 Å². The molecule has 2 heterocycles. The van der Waals surface area contributed by atoms with Crippen LogP contribution in [-0.2, 0) is 22.5 Å². The second-order valence-corrected chi connectivity index (χ2v) is 11.5. The lowest BCUT2D eigenvalue weighted by Gasteiger charge is -2.27. The highest BCUT2D eigenvalue weighted by Crippen LogP contribution is 2.31. The molecule has 9 nitrogen and oxygen atoms in total. The molecule has 43 heavy (non-hydrogen) atoms. The molecule has 0 radical (unpaired) electrons. The van der Waals surface area contributed by atoms with E-state index in [1.54, 1.807) is 0 Å². The van der Waals surface area contributed by atoms with Crippen molar-refractivity contribution in [2.24, 2.45) is 5.73 Å². The monoisotopic (exact) mass is 638 g/mol. The highest BCUT2D eigenvalue weighted by atomic mass is 35.5. The van der Waals surface area contributed by atoms with Crippen LogP contribution in [0.3, 0.4) is 0 Å². The predicted octanol–water partition coefficient (Wildman–Crippen LogP) is 5.37. The number of aromatic nitrogens is 1. The van der Waals surface area contributed by atoms with Crippen molar-refractivity contribution in [2.75, 3.05) is 45.9 Å². The van der Waals surface area contributed by atoms with Crippen LogP contribution in [-0.4, -0.2) is 78.2 Å². The number of piperazine rings is 1. The quantitative estimate of drug-likeness (QED) is 0.146. The second kappa shape index (κ2) is 15.7. The van der Waals surface area contributed by atoms with Gasteiger partial charge in [0.15, 0.2) is 0 Å². The van der Waals surface area contributed by atoms with E-state index in [9.17, 15) is 14.0 Å². The number of esters is 1. The normalized spacial score (nSPS) is 15.0. The van der Waals surface area contributed by atoms with Crippen molar-refractivity contribution in [3.8, 4) is 5.75 Å². The minimum atomic E-state index is -2.58. The van der Waals surface area contributed by atoms with Gasteiger partial charge in [0, 0.05) is 54.7 Å². The van der Waals surface area contributed by atoms with Crippen LogP contribution in [0.25, 0.3) is 10.9 Å². The number of nitrogens with one attached hydrogen (secondary N) is 1. The number of aryl methyl sites for hydroxylation is 3. The summed E-state index contributed by atoms with van der Waals surface area (Å²) in [6.07, 6.45) is 1.45. The Morgan fingerprint density at radius 3 is 2.33 bits per heavy atom. The molecule has 4 rings (SSSR count). The van der Waals surface area contributed by atoms with Crippen molar-refractivity contribution in [3.05, 3.63) is 62.8 Å². The van der Waals surface area contributed by atoms with Crippen LogP contribution in [0.15, 0.2) is 30.3 Å². The summed E-state index contributed by atoms with van der Waals surface area (Å²) >= 11 is 12.7. The number of carbonyl (C=O) groups is 2. The molecule has 1 saturated heterocycles. The van der Waals surface area contributed by atoms with E-state index in [0.29, 0.717) is 36.9 Å². The zero-order valence-corrected chi connectivity index (χ0v) is 26.7. The van der Waals surface area contributed by atoms with E-state index in [1.165, 1.54) is 0 Å².